The Labute approximate surface area is 162 Å². The van der Waals surface area contributed by atoms with Gasteiger partial charge in [-0.15, -0.1) is 0 Å². The molecule has 1 aromatic carbocycles. The van der Waals surface area contributed by atoms with Gasteiger partial charge in [-0.25, -0.2) is 0 Å². The van der Waals surface area contributed by atoms with Gasteiger partial charge in [0.25, 0.3) is 0 Å². The molecule has 28 heavy (non-hydrogen) atoms. The zero-order valence-corrected chi connectivity index (χ0v) is 16.2. The number of nitrogens with zero attached hydrogens (tertiary/aromatic N) is 1. The van der Waals surface area contributed by atoms with Gasteiger partial charge in [-0.2, -0.15) is 13.2 Å². The number of nitrogens with one attached hydrogen (secondary N) is 1. The maximum atomic E-state index is 12.9. The molecule has 0 bridgehead atoms. The highest BCUT2D eigenvalue weighted by atomic mass is 19.4. The third-order valence-electron chi connectivity index (χ3n) is 5.94. The molecular weight excluding hydrogens is 373 g/mol. The van der Waals surface area contributed by atoms with Crippen LogP contribution < -0.4 is 5.32 Å². The fourth-order valence-electron chi connectivity index (χ4n) is 4.41. The van der Waals surface area contributed by atoms with Crippen molar-refractivity contribution in [2.24, 2.45) is 0 Å². The minimum Gasteiger partial charge on any atom is -0.388 e. The molecule has 2 saturated heterocycles. The van der Waals surface area contributed by atoms with Crippen molar-refractivity contribution in [3.05, 3.63) is 35.4 Å². The Balaban J connectivity index is 1.65. The molecule has 0 radical (unpaired) electrons. The second-order valence-electron chi connectivity index (χ2n) is 8.14. The van der Waals surface area contributed by atoms with E-state index in [0.29, 0.717) is 51.1 Å². The molecule has 156 valence electrons. The molecule has 0 aromatic heterocycles. The fourth-order valence-corrected chi connectivity index (χ4v) is 4.41. The predicted molar refractivity (Wildman–Crippen MR) is 97.5 cm³/mol. The third kappa shape index (κ3) is 4.34. The number of rotatable bonds is 3. The van der Waals surface area contributed by atoms with Crippen LogP contribution in [0.1, 0.15) is 44.2 Å². The highest BCUT2D eigenvalue weighted by Gasteiger charge is 2.53. The second-order valence-corrected chi connectivity index (χ2v) is 8.14. The minimum absolute atomic E-state index is 0.194. The Morgan fingerprint density at radius 2 is 2.00 bits per heavy atom. The lowest BCUT2D eigenvalue weighted by Gasteiger charge is -2.53. The first-order valence-corrected chi connectivity index (χ1v) is 9.53. The van der Waals surface area contributed by atoms with E-state index in [9.17, 15) is 23.1 Å². The molecule has 3 rings (SSSR count). The smallest absolute Gasteiger partial charge is 0.388 e. The summed E-state index contributed by atoms with van der Waals surface area (Å²) in [7, 11) is 0. The van der Waals surface area contributed by atoms with E-state index in [0.717, 1.165) is 6.07 Å². The fraction of sp³-hybridized carbons (Fsp3) is 0.650. The van der Waals surface area contributed by atoms with Crippen LogP contribution in [0.25, 0.3) is 0 Å². The standard InChI is InChI=1S/C20H27F3N2O3/c1-14(26)24-18(2)8-11-28-19(17(18)27)6-9-25(10-7-19)13-15-4-3-5-16(12-15)20(21,22)23/h3-5,12,17,27H,6-11,13H2,1-2H3,(H,24,26)/t17-,18+/m1/s1. The molecule has 5 nitrogen and oxygen atoms in total. The average Bonchev–Trinajstić information content (AvgIpc) is 2.61. The summed E-state index contributed by atoms with van der Waals surface area (Å²) in [5, 5.41) is 13.8. The van der Waals surface area contributed by atoms with E-state index >= 15 is 0 Å². The topological polar surface area (TPSA) is 61.8 Å². The zero-order chi connectivity index (χ0) is 20.6. The van der Waals surface area contributed by atoms with Gasteiger partial charge in [-0.05, 0) is 37.8 Å². The number of amides is 1. The van der Waals surface area contributed by atoms with Gasteiger partial charge in [-0.3, -0.25) is 9.69 Å². The van der Waals surface area contributed by atoms with Crippen molar-refractivity contribution in [3.8, 4) is 0 Å². The van der Waals surface area contributed by atoms with E-state index in [1.165, 1.54) is 19.1 Å². The number of ether oxygens (including phenoxy) is 1. The molecule has 8 heteroatoms. The third-order valence-corrected chi connectivity index (χ3v) is 5.94. The highest BCUT2D eigenvalue weighted by Crippen LogP contribution is 2.40. The summed E-state index contributed by atoms with van der Waals surface area (Å²) in [6, 6.07) is 5.38. The Kier molecular flexibility index (Phi) is 5.76. The van der Waals surface area contributed by atoms with Gasteiger partial charge in [0.15, 0.2) is 0 Å². The van der Waals surface area contributed by atoms with Crippen molar-refractivity contribution in [2.45, 2.75) is 63.1 Å². The molecule has 0 aliphatic carbocycles. The number of carbonyl (C=O) groups excluding carboxylic acids is 1. The van der Waals surface area contributed by atoms with Crippen LogP contribution >= 0.6 is 0 Å². The van der Waals surface area contributed by atoms with Crippen LogP contribution in [0.3, 0.4) is 0 Å². The number of aliphatic hydroxyl groups is 1. The SMILES string of the molecule is CC(=O)N[C@@]1(C)CCOC2(CCN(Cc3cccc(C(F)(F)F)c3)CC2)[C@@H]1O. The largest absolute Gasteiger partial charge is 0.416 e. The molecule has 2 aliphatic heterocycles. The van der Waals surface area contributed by atoms with Crippen LogP contribution in [0.5, 0.6) is 0 Å². The molecule has 2 aliphatic rings. The first-order valence-electron chi connectivity index (χ1n) is 9.53. The van der Waals surface area contributed by atoms with Crippen LogP contribution in [-0.4, -0.2) is 52.9 Å². The highest BCUT2D eigenvalue weighted by molar-refractivity contribution is 5.74. The monoisotopic (exact) mass is 400 g/mol. The predicted octanol–water partition coefficient (Wildman–Crippen LogP) is 2.72. The molecule has 1 aromatic rings. The number of piperidine rings is 1. The van der Waals surface area contributed by atoms with Crippen molar-refractivity contribution in [1.82, 2.24) is 10.2 Å². The van der Waals surface area contributed by atoms with Crippen LogP contribution in [0.2, 0.25) is 0 Å². The Bertz CT molecular complexity index is 717. The number of aliphatic hydroxyl groups excluding tert-OH is 1. The summed E-state index contributed by atoms with van der Waals surface area (Å²) in [6.45, 7) is 5.32. The molecule has 2 atom stereocenters. The lowest BCUT2D eigenvalue weighted by molar-refractivity contribution is -0.208. The van der Waals surface area contributed by atoms with Crippen LogP contribution in [0, 0.1) is 0 Å². The van der Waals surface area contributed by atoms with Crippen LogP contribution in [-0.2, 0) is 22.3 Å². The number of carbonyl (C=O) groups is 1. The number of hydrogen-bond donors (Lipinski definition) is 2. The van der Waals surface area contributed by atoms with Crippen molar-refractivity contribution < 1.29 is 27.8 Å². The molecule has 1 amide bonds. The molecule has 2 heterocycles. The maximum absolute atomic E-state index is 12.9. The van der Waals surface area contributed by atoms with E-state index < -0.39 is 29.0 Å². The van der Waals surface area contributed by atoms with Gasteiger partial charge >= 0.3 is 6.18 Å². The summed E-state index contributed by atoms with van der Waals surface area (Å²) in [6.07, 6.45) is -3.54. The first kappa shape index (κ1) is 21.1. The van der Waals surface area contributed by atoms with E-state index in [4.69, 9.17) is 4.74 Å². The Morgan fingerprint density at radius 3 is 2.61 bits per heavy atom. The Hall–Kier alpha value is -1.64. The summed E-state index contributed by atoms with van der Waals surface area (Å²) in [4.78, 5) is 13.6. The average molecular weight is 400 g/mol. The van der Waals surface area contributed by atoms with Crippen LogP contribution in [0.15, 0.2) is 24.3 Å². The van der Waals surface area contributed by atoms with Gasteiger partial charge < -0.3 is 15.2 Å². The summed E-state index contributed by atoms with van der Waals surface area (Å²) < 4.78 is 44.7. The van der Waals surface area contributed by atoms with E-state index in [1.807, 2.05) is 6.92 Å². The second kappa shape index (κ2) is 7.65. The van der Waals surface area contributed by atoms with E-state index in [-0.39, 0.29) is 5.91 Å². The van der Waals surface area contributed by atoms with Crippen molar-refractivity contribution >= 4 is 5.91 Å². The van der Waals surface area contributed by atoms with Gasteiger partial charge in [-0.1, -0.05) is 18.2 Å². The number of hydrogen-bond acceptors (Lipinski definition) is 4. The van der Waals surface area contributed by atoms with Gasteiger partial charge in [0.05, 0.1) is 16.7 Å². The summed E-state index contributed by atoms with van der Waals surface area (Å²) in [5.74, 6) is -0.194. The van der Waals surface area contributed by atoms with E-state index in [1.54, 1.807) is 6.07 Å². The van der Waals surface area contributed by atoms with Crippen molar-refractivity contribution in [1.29, 1.82) is 0 Å². The molecule has 2 N–H and O–H groups in total. The van der Waals surface area contributed by atoms with Crippen LogP contribution in [0.4, 0.5) is 13.2 Å². The normalized spacial score (nSPS) is 28.3. The van der Waals surface area contributed by atoms with Crippen molar-refractivity contribution in [2.75, 3.05) is 19.7 Å². The lowest BCUT2D eigenvalue weighted by Crippen LogP contribution is -2.69. The molecular formula is C20H27F3N2O3. The van der Waals surface area contributed by atoms with Gasteiger partial charge in [0.2, 0.25) is 5.91 Å². The minimum atomic E-state index is -4.35. The van der Waals surface area contributed by atoms with E-state index in [2.05, 4.69) is 10.2 Å². The lowest BCUT2D eigenvalue weighted by atomic mass is 9.73. The van der Waals surface area contributed by atoms with Gasteiger partial charge in [0.1, 0.15) is 6.10 Å². The molecule has 2 fully saturated rings. The summed E-state index contributed by atoms with van der Waals surface area (Å²) in [5.41, 5.74) is -1.51. The number of benzene rings is 1. The number of likely N-dealkylation sites (tertiary alicyclic amines) is 1. The maximum Gasteiger partial charge on any atom is 0.416 e. The molecule has 1 spiro atoms. The number of alkyl halides is 3. The summed E-state index contributed by atoms with van der Waals surface area (Å²) >= 11 is 0. The quantitative estimate of drug-likeness (QED) is 0.819. The zero-order valence-electron chi connectivity index (χ0n) is 16.2. The Morgan fingerprint density at radius 1 is 1.32 bits per heavy atom. The van der Waals surface area contributed by atoms with Crippen molar-refractivity contribution in [3.63, 3.8) is 0 Å². The molecule has 0 saturated carbocycles. The molecule has 0 unspecified atom stereocenters. The number of halogens is 3. The first-order chi connectivity index (χ1) is 13.0. The van der Waals surface area contributed by atoms with Gasteiger partial charge in [0, 0.05) is 33.2 Å².